The average Bonchev–Trinajstić information content (AvgIpc) is 2.21. The van der Waals surface area contributed by atoms with E-state index in [0.717, 1.165) is 0 Å². The first-order chi connectivity index (χ1) is 7.58. The fourth-order valence-corrected chi connectivity index (χ4v) is 1.26. The topological polar surface area (TPSA) is 61.4 Å². The molecule has 1 aromatic carbocycles. The fraction of sp³-hybridized carbons (Fsp3) is 0.364. The molecule has 1 rings (SSSR count). The lowest BCUT2D eigenvalue weighted by Gasteiger charge is -2.07. The predicted molar refractivity (Wildman–Crippen MR) is 64.6 cm³/mol. The van der Waals surface area contributed by atoms with Crippen molar-refractivity contribution in [1.82, 2.24) is 5.32 Å². The van der Waals surface area contributed by atoms with Crippen molar-refractivity contribution in [3.05, 3.63) is 29.3 Å². The molecular weight excluding hydrogens is 228 g/mol. The molecule has 0 heterocycles. The Balaban J connectivity index is 2.31. The smallest absolute Gasteiger partial charge is 0.238 e. The molecule has 0 bridgehead atoms. The Bertz CT molecular complexity index is 338. The van der Waals surface area contributed by atoms with E-state index < -0.39 is 6.10 Å². The summed E-state index contributed by atoms with van der Waals surface area (Å²) in [7, 11) is 0. The van der Waals surface area contributed by atoms with Crippen LogP contribution >= 0.6 is 11.6 Å². The molecule has 0 radical (unpaired) electrons. The number of halogens is 1. The summed E-state index contributed by atoms with van der Waals surface area (Å²) in [4.78, 5) is 11.4. The molecule has 0 saturated carbocycles. The lowest BCUT2D eigenvalue weighted by molar-refractivity contribution is -0.115. The quantitative estimate of drug-likeness (QED) is 0.728. The summed E-state index contributed by atoms with van der Waals surface area (Å²) in [5.74, 6) is -0.150. The van der Waals surface area contributed by atoms with Gasteiger partial charge in [-0.1, -0.05) is 11.6 Å². The Kier molecular flexibility index (Phi) is 5.25. The highest BCUT2D eigenvalue weighted by atomic mass is 35.5. The standard InChI is InChI=1S/C11H15ClN2O2/c1-8(15)6-13-7-11(16)14-10-4-2-9(12)3-5-10/h2-5,8,13,15H,6-7H2,1H3,(H,14,16). The molecule has 4 nitrogen and oxygen atoms in total. The number of aliphatic hydroxyl groups is 1. The summed E-state index contributed by atoms with van der Waals surface area (Å²) in [5, 5.41) is 15.1. The summed E-state index contributed by atoms with van der Waals surface area (Å²) in [6.07, 6.45) is -0.455. The van der Waals surface area contributed by atoms with E-state index >= 15 is 0 Å². The molecule has 0 aliphatic heterocycles. The van der Waals surface area contributed by atoms with E-state index in [1.165, 1.54) is 0 Å². The highest BCUT2D eigenvalue weighted by Gasteiger charge is 2.02. The van der Waals surface area contributed by atoms with Crippen molar-refractivity contribution in [3.8, 4) is 0 Å². The monoisotopic (exact) mass is 242 g/mol. The molecule has 0 aliphatic carbocycles. The van der Waals surface area contributed by atoms with Crippen LogP contribution in [0.1, 0.15) is 6.92 Å². The van der Waals surface area contributed by atoms with E-state index in [4.69, 9.17) is 16.7 Å². The maximum Gasteiger partial charge on any atom is 0.238 e. The molecule has 16 heavy (non-hydrogen) atoms. The summed E-state index contributed by atoms with van der Waals surface area (Å²) in [6.45, 7) is 2.23. The zero-order chi connectivity index (χ0) is 12.0. The largest absolute Gasteiger partial charge is 0.392 e. The van der Waals surface area contributed by atoms with Gasteiger partial charge in [0.25, 0.3) is 0 Å². The normalized spacial score (nSPS) is 12.2. The number of carbonyl (C=O) groups excluding carboxylic acids is 1. The zero-order valence-corrected chi connectivity index (χ0v) is 9.79. The SMILES string of the molecule is CC(O)CNCC(=O)Nc1ccc(Cl)cc1. The first-order valence-corrected chi connectivity index (χ1v) is 5.40. The Morgan fingerprint density at radius 1 is 1.44 bits per heavy atom. The molecular formula is C11H15ClN2O2. The van der Waals surface area contributed by atoms with Crippen molar-refractivity contribution >= 4 is 23.2 Å². The summed E-state index contributed by atoms with van der Waals surface area (Å²) in [6, 6.07) is 6.88. The average molecular weight is 243 g/mol. The van der Waals surface area contributed by atoms with Crippen LogP contribution < -0.4 is 10.6 Å². The van der Waals surface area contributed by atoms with E-state index in [2.05, 4.69) is 10.6 Å². The number of nitrogens with one attached hydrogen (secondary N) is 2. The molecule has 1 unspecified atom stereocenters. The second kappa shape index (κ2) is 6.48. The van der Waals surface area contributed by atoms with Gasteiger partial charge in [-0.25, -0.2) is 0 Å². The molecule has 0 fully saturated rings. The first-order valence-electron chi connectivity index (χ1n) is 5.02. The number of rotatable bonds is 5. The van der Waals surface area contributed by atoms with Gasteiger partial charge in [-0.2, -0.15) is 0 Å². The molecule has 5 heteroatoms. The van der Waals surface area contributed by atoms with Gasteiger partial charge in [0.05, 0.1) is 12.6 Å². The third-order valence-electron chi connectivity index (χ3n) is 1.85. The van der Waals surface area contributed by atoms with Crippen LogP contribution in [0.5, 0.6) is 0 Å². The first kappa shape index (κ1) is 13.0. The fourth-order valence-electron chi connectivity index (χ4n) is 1.13. The summed E-state index contributed by atoms with van der Waals surface area (Å²) in [5.41, 5.74) is 0.702. The van der Waals surface area contributed by atoms with Gasteiger partial charge in [0.1, 0.15) is 0 Å². The van der Waals surface area contributed by atoms with Gasteiger partial charge >= 0.3 is 0 Å². The lowest BCUT2D eigenvalue weighted by atomic mass is 10.3. The van der Waals surface area contributed by atoms with Gasteiger partial charge < -0.3 is 15.7 Å². The van der Waals surface area contributed by atoms with Gasteiger partial charge in [0, 0.05) is 17.3 Å². The van der Waals surface area contributed by atoms with Crippen LogP contribution in [-0.2, 0) is 4.79 Å². The van der Waals surface area contributed by atoms with Gasteiger partial charge in [0.15, 0.2) is 0 Å². The van der Waals surface area contributed by atoms with E-state index in [0.29, 0.717) is 17.3 Å². The van der Waals surface area contributed by atoms with Crippen LogP contribution in [0, 0.1) is 0 Å². The Morgan fingerprint density at radius 3 is 2.62 bits per heavy atom. The molecule has 1 atom stereocenters. The number of hydrogen-bond donors (Lipinski definition) is 3. The molecule has 3 N–H and O–H groups in total. The molecule has 1 aromatic rings. The second-order valence-corrected chi connectivity index (χ2v) is 3.97. The number of carbonyl (C=O) groups is 1. The van der Waals surface area contributed by atoms with Crippen LogP contribution in [0.25, 0.3) is 0 Å². The Morgan fingerprint density at radius 2 is 2.06 bits per heavy atom. The minimum absolute atomic E-state index is 0.150. The van der Waals surface area contributed by atoms with Crippen LogP contribution in [0.3, 0.4) is 0 Å². The minimum Gasteiger partial charge on any atom is -0.392 e. The molecule has 0 saturated heterocycles. The van der Waals surface area contributed by atoms with Crippen molar-refractivity contribution in [2.24, 2.45) is 0 Å². The van der Waals surface area contributed by atoms with E-state index in [-0.39, 0.29) is 12.5 Å². The van der Waals surface area contributed by atoms with E-state index in [1.807, 2.05) is 0 Å². The van der Waals surface area contributed by atoms with Gasteiger partial charge in [-0.3, -0.25) is 4.79 Å². The molecule has 1 amide bonds. The minimum atomic E-state index is -0.455. The maximum atomic E-state index is 11.4. The summed E-state index contributed by atoms with van der Waals surface area (Å²) >= 11 is 5.71. The van der Waals surface area contributed by atoms with E-state index in [1.54, 1.807) is 31.2 Å². The van der Waals surface area contributed by atoms with Gasteiger partial charge in [-0.15, -0.1) is 0 Å². The van der Waals surface area contributed by atoms with Crippen molar-refractivity contribution < 1.29 is 9.90 Å². The van der Waals surface area contributed by atoms with Crippen molar-refractivity contribution in [2.45, 2.75) is 13.0 Å². The van der Waals surface area contributed by atoms with Gasteiger partial charge in [-0.05, 0) is 31.2 Å². The highest BCUT2D eigenvalue weighted by Crippen LogP contribution is 2.12. The molecule has 0 aromatic heterocycles. The number of hydrogen-bond acceptors (Lipinski definition) is 3. The van der Waals surface area contributed by atoms with E-state index in [9.17, 15) is 4.79 Å². The van der Waals surface area contributed by atoms with Crippen molar-refractivity contribution in [3.63, 3.8) is 0 Å². The van der Waals surface area contributed by atoms with Crippen molar-refractivity contribution in [1.29, 1.82) is 0 Å². The lowest BCUT2D eigenvalue weighted by Crippen LogP contribution is -2.32. The highest BCUT2D eigenvalue weighted by molar-refractivity contribution is 6.30. The van der Waals surface area contributed by atoms with Crippen LogP contribution in [0.15, 0.2) is 24.3 Å². The number of amides is 1. The Labute approximate surface area is 99.6 Å². The van der Waals surface area contributed by atoms with Crippen LogP contribution in [0.2, 0.25) is 5.02 Å². The second-order valence-electron chi connectivity index (χ2n) is 3.53. The molecule has 0 aliphatic rings. The predicted octanol–water partition coefficient (Wildman–Crippen LogP) is 1.25. The third kappa shape index (κ3) is 5.11. The van der Waals surface area contributed by atoms with Gasteiger partial charge in [0.2, 0.25) is 5.91 Å². The number of benzene rings is 1. The van der Waals surface area contributed by atoms with Crippen molar-refractivity contribution in [2.75, 3.05) is 18.4 Å². The Hall–Kier alpha value is -1.10. The summed E-state index contributed by atoms with van der Waals surface area (Å²) < 4.78 is 0. The zero-order valence-electron chi connectivity index (χ0n) is 9.03. The molecule has 0 spiro atoms. The van der Waals surface area contributed by atoms with Crippen LogP contribution in [-0.4, -0.2) is 30.2 Å². The third-order valence-corrected chi connectivity index (χ3v) is 2.11. The number of aliphatic hydroxyl groups excluding tert-OH is 1. The van der Waals surface area contributed by atoms with Crippen LogP contribution in [0.4, 0.5) is 5.69 Å². The molecule has 88 valence electrons. The maximum absolute atomic E-state index is 11.4. The number of anilines is 1.